The van der Waals surface area contributed by atoms with Crippen molar-refractivity contribution in [1.29, 1.82) is 0 Å². The summed E-state index contributed by atoms with van der Waals surface area (Å²) < 4.78 is 26.5. The molecular weight excluding hydrogens is 350 g/mol. The lowest BCUT2D eigenvalue weighted by atomic mass is 10.1. The fourth-order valence-electron chi connectivity index (χ4n) is 2.89. The third-order valence-corrected chi connectivity index (χ3v) is 5.44. The lowest BCUT2D eigenvalue weighted by molar-refractivity contribution is 0.0788. The fraction of sp³-hybridized carbons (Fsp3) is 0.562. The van der Waals surface area contributed by atoms with Gasteiger partial charge in [0, 0.05) is 13.1 Å². The molecule has 1 atom stereocenters. The first-order valence-electron chi connectivity index (χ1n) is 8.00. The van der Waals surface area contributed by atoms with Crippen molar-refractivity contribution < 1.29 is 13.2 Å². The Balaban J connectivity index is 0.00000288. The minimum atomic E-state index is -3.41. The predicted octanol–water partition coefficient (Wildman–Crippen LogP) is 1.94. The standard InChI is InChI=1S/C16H25N3O3S.ClH/c1-3-10-23(21,22)18-15-7-5-4-6-14(15)16(20)19-9-8-13(12-19)11-17-2;/h4-7,13,17-18H,3,8-12H2,1-2H3;1H. The Kier molecular flexibility index (Phi) is 7.99. The average Bonchev–Trinajstić information content (AvgIpc) is 2.95. The van der Waals surface area contributed by atoms with E-state index in [0.717, 1.165) is 13.0 Å². The van der Waals surface area contributed by atoms with Crippen molar-refractivity contribution in [3.63, 3.8) is 0 Å². The molecule has 1 saturated heterocycles. The van der Waals surface area contributed by atoms with Crippen molar-refractivity contribution in [2.45, 2.75) is 19.8 Å². The van der Waals surface area contributed by atoms with Crippen LogP contribution in [0.5, 0.6) is 0 Å². The Labute approximate surface area is 150 Å². The summed E-state index contributed by atoms with van der Waals surface area (Å²) >= 11 is 0. The highest BCUT2D eigenvalue weighted by molar-refractivity contribution is 7.92. The lowest BCUT2D eigenvalue weighted by Gasteiger charge is -2.19. The SMILES string of the molecule is CCCS(=O)(=O)Nc1ccccc1C(=O)N1CCC(CNC)C1.Cl. The van der Waals surface area contributed by atoms with E-state index in [1.165, 1.54) is 0 Å². The smallest absolute Gasteiger partial charge is 0.255 e. The molecule has 0 saturated carbocycles. The molecule has 1 fully saturated rings. The van der Waals surface area contributed by atoms with E-state index >= 15 is 0 Å². The molecule has 1 aromatic carbocycles. The van der Waals surface area contributed by atoms with Crippen LogP contribution in [0.15, 0.2) is 24.3 Å². The fourth-order valence-corrected chi connectivity index (χ4v) is 4.04. The van der Waals surface area contributed by atoms with Gasteiger partial charge in [-0.3, -0.25) is 9.52 Å². The van der Waals surface area contributed by atoms with Crippen LogP contribution in [-0.4, -0.2) is 51.7 Å². The largest absolute Gasteiger partial charge is 0.338 e. The van der Waals surface area contributed by atoms with Crippen LogP contribution in [0.1, 0.15) is 30.1 Å². The zero-order chi connectivity index (χ0) is 16.9. The molecule has 6 nitrogen and oxygen atoms in total. The van der Waals surface area contributed by atoms with Crippen molar-refractivity contribution >= 4 is 34.0 Å². The van der Waals surface area contributed by atoms with E-state index in [9.17, 15) is 13.2 Å². The van der Waals surface area contributed by atoms with Crippen molar-refractivity contribution in [2.75, 3.05) is 37.2 Å². The zero-order valence-corrected chi connectivity index (χ0v) is 15.8. The third-order valence-electron chi connectivity index (χ3n) is 3.96. The molecule has 0 radical (unpaired) electrons. The van der Waals surface area contributed by atoms with Crippen LogP contribution in [-0.2, 0) is 10.0 Å². The number of carbonyl (C=O) groups excluding carboxylic acids is 1. The molecule has 0 aromatic heterocycles. The Morgan fingerprint density at radius 3 is 2.71 bits per heavy atom. The van der Waals surface area contributed by atoms with Crippen molar-refractivity contribution in [2.24, 2.45) is 5.92 Å². The van der Waals surface area contributed by atoms with Crippen LogP contribution in [0.4, 0.5) is 5.69 Å². The van der Waals surface area contributed by atoms with Gasteiger partial charge in [-0.2, -0.15) is 0 Å². The summed E-state index contributed by atoms with van der Waals surface area (Å²) in [6, 6.07) is 6.81. The quantitative estimate of drug-likeness (QED) is 0.763. The topological polar surface area (TPSA) is 78.5 Å². The number of nitrogens with one attached hydrogen (secondary N) is 2. The van der Waals surface area contributed by atoms with Crippen molar-refractivity contribution in [1.82, 2.24) is 10.2 Å². The minimum Gasteiger partial charge on any atom is -0.338 e. The number of likely N-dealkylation sites (tertiary alicyclic amines) is 1. The molecule has 136 valence electrons. The van der Waals surface area contributed by atoms with E-state index in [4.69, 9.17) is 0 Å². The summed E-state index contributed by atoms with van der Waals surface area (Å²) in [5.74, 6) is 0.384. The highest BCUT2D eigenvalue weighted by Crippen LogP contribution is 2.23. The number of benzene rings is 1. The third kappa shape index (κ3) is 5.36. The molecule has 0 bridgehead atoms. The highest BCUT2D eigenvalue weighted by atomic mass is 35.5. The van der Waals surface area contributed by atoms with Crippen LogP contribution in [0.2, 0.25) is 0 Å². The van der Waals surface area contributed by atoms with Crippen molar-refractivity contribution in [3.8, 4) is 0 Å². The Morgan fingerprint density at radius 2 is 2.04 bits per heavy atom. The van der Waals surface area contributed by atoms with Crippen LogP contribution in [0.3, 0.4) is 0 Å². The van der Waals surface area contributed by atoms with Crippen LogP contribution < -0.4 is 10.0 Å². The second kappa shape index (κ2) is 9.25. The second-order valence-corrected chi connectivity index (χ2v) is 7.77. The first-order valence-corrected chi connectivity index (χ1v) is 9.65. The number of para-hydroxylation sites is 1. The van der Waals surface area contributed by atoms with Gasteiger partial charge in [0.1, 0.15) is 0 Å². The molecule has 8 heteroatoms. The molecule has 1 aliphatic heterocycles. The van der Waals surface area contributed by atoms with E-state index in [2.05, 4.69) is 10.0 Å². The number of rotatable bonds is 7. The number of halogens is 1. The summed E-state index contributed by atoms with van der Waals surface area (Å²) in [7, 11) is -1.51. The van der Waals surface area contributed by atoms with E-state index in [0.29, 0.717) is 36.7 Å². The van der Waals surface area contributed by atoms with Crippen LogP contribution >= 0.6 is 12.4 Å². The van der Waals surface area contributed by atoms with Crippen LogP contribution in [0, 0.1) is 5.92 Å². The maximum absolute atomic E-state index is 12.7. The molecule has 24 heavy (non-hydrogen) atoms. The molecule has 2 rings (SSSR count). The van der Waals surface area contributed by atoms with Gasteiger partial charge in [0.05, 0.1) is 17.0 Å². The molecule has 1 aliphatic rings. The summed E-state index contributed by atoms with van der Waals surface area (Å²) in [4.78, 5) is 14.5. The predicted molar refractivity (Wildman–Crippen MR) is 99.3 cm³/mol. The number of nitrogens with zero attached hydrogens (tertiary/aromatic N) is 1. The van der Waals surface area contributed by atoms with Gasteiger partial charge >= 0.3 is 0 Å². The summed E-state index contributed by atoms with van der Waals surface area (Å²) in [5, 5.41) is 3.14. The van der Waals surface area contributed by atoms with Gasteiger partial charge in [-0.05, 0) is 44.5 Å². The van der Waals surface area contributed by atoms with Gasteiger partial charge in [-0.15, -0.1) is 12.4 Å². The molecule has 0 aliphatic carbocycles. The Morgan fingerprint density at radius 1 is 1.33 bits per heavy atom. The second-order valence-electron chi connectivity index (χ2n) is 5.93. The maximum atomic E-state index is 12.7. The number of hydrogen-bond acceptors (Lipinski definition) is 4. The molecule has 2 N–H and O–H groups in total. The normalized spacial score (nSPS) is 17.4. The molecule has 0 spiro atoms. The van der Waals surface area contributed by atoms with E-state index in [-0.39, 0.29) is 24.1 Å². The summed E-state index contributed by atoms with van der Waals surface area (Å²) in [5.41, 5.74) is 0.778. The van der Waals surface area contributed by atoms with Gasteiger partial charge in [-0.1, -0.05) is 19.1 Å². The lowest BCUT2D eigenvalue weighted by Crippen LogP contribution is -2.31. The molecule has 1 amide bonds. The molecule has 1 aromatic rings. The Bertz CT molecular complexity index is 652. The number of sulfonamides is 1. The summed E-state index contributed by atoms with van der Waals surface area (Å²) in [6.45, 7) is 4.11. The monoisotopic (exact) mass is 375 g/mol. The van der Waals surface area contributed by atoms with Gasteiger partial charge in [0.15, 0.2) is 0 Å². The van der Waals surface area contributed by atoms with Gasteiger partial charge in [0.2, 0.25) is 10.0 Å². The van der Waals surface area contributed by atoms with Gasteiger partial charge in [0.25, 0.3) is 5.91 Å². The average molecular weight is 376 g/mol. The van der Waals surface area contributed by atoms with Crippen molar-refractivity contribution in [3.05, 3.63) is 29.8 Å². The first-order chi connectivity index (χ1) is 11.0. The Hall–Kier alpha value is -1.31. The van der Waals surface area contributed by atoms with E-state index < -0.39 is 10.0 Å². The molecule has 1 unspecified atom stereocenters. The number of amides is 1. The van der Waals surface area contributed by atoms with Crippen LogP contribution in [0.25, 0.3) is 0 Å². The van der Waals surface area contributed by atoms with E-state index in [1.807, 2.05) is 14.0 Å². The highest BCUT2D eigenvalue weighted by Gasteiger charge is 2.28. The molecular formula is C16H26ClN3O3S. The van der Waals surface area contributed by atoms with Gasteiger partial charge in [-0.25, -0.2) is 8.42 Å². The molecule has 1 heterocycles. The number of hydrogen-bond donors (Lipinski definition) is 2. The minimum absolute atomic E-state index is 0. The summed E-state index contributed by atoms with van der Waals surface area (Å²) in [6.07, 6.45) is 1.50. The maximum Gasteiger partial charge on any atom is 0.255 e. The first kappa shape index (κ1) is 20.7. The number of carbonyl (C=O) groups is 1. The zero-order valence-electron chi connectivity index (χ0n) is 14.1. The number of anilines is 1. The van der Waals surface area contributed by atoms with E-state index in [1.54, 1.807) is 29.2 Å². The van der Waals surface area contributed by atoms with Gasteiger partial charge < -0.3 is 10.2 Å².